The van der Waals surface area contributed by atoms with Crippen LogP contribution in [0.5, 0.6) is 0 Å². The van der Waals surface area contributed by atoms with E-state index >= 15 is 0 Å². The summed E-state index contributed by atoms with van der Waals surface area (Å²) in [5, 5.41) is 0. The number of rotatable bonds is 2. The van der Waals surface area contributed by atoms with Gasteiger partial charge in [-0.1, -0.05) is 6.07 Å². The number of nitrogens with two attached hydrogens (primary N) is 1. The molecule has 2 aromatic heterocycles. The van der Waals surface area contributed by atoms with E-state index in [4.69, 9.17) is 5.73 Å². The van der Waals surface area contributed by atoms with Crippen LogP contribution in [-0.4, -0.2) is 9.97 Å². The standard InChI is InChI=1S/C12H10N3/c13-12-11(4-2-8-15-12)6-5-10-3-1-7-14-9-10/h1-4,6-9H,(H2,13,15). The molecule has 0 saturated carbocycles. The second-order valence-corrected chi connectivity index (χ2v) is 3.01. The van der Waals surface area contributed by atoms with Gasteiger partial charge in [-0.3, -0.25) is 4.98 Å². The smallest absolute Gasteiger partial charge is 0.130 e. The summed E-state index contributed by atoms with van der Waals surface area (Å²) >= 11 is 0. The lowest BCUT2D eigenvalue weighted by molar-refractivity contribution is 1.30. The highest BCUT2D eigenvalue weighted by Crippen LogP contribution is 2.09. The quantitative estimate of drug-likeness (QED) is 0.798. The Kier molecular flexibility index (Phi) is 2.74. The highest BCUT2D eigenvalue weighted by Gasteiger charge is 1.93. The van der Waals surface area contributed by atoms with Crippen LogP contribution in [0, 0.1) is 6.08 Å². The van der Waals surface area contributed by atoms with Gasteiger partial charge >= 0.3 is 0 Å². The zero-order valence-corrected chi connectivity index (χ0v) is 8.09. The number of pyridine rings is 2. The minimum atomic E-state index is 0.508. The van der Waals surface area contributed by atoms with E-state index in [2.05, 4.69) is 16.0 Å². The summed E-state index contributed by atoms with van der Waals surface area (Å²) in [5.74, 6) is 0.508. The van der Waals surface area contributed by atoms with Crippen LogP contribution >= 0.6 is 0 Å². The molecule has 0 aliphatic rings. The van der Waals surface area contributed by atoms with Crippen molar-refractivity contribution >= 4 is 11.9 Å². The fraction of sp³-hybridized carbons (Fsp3) is 0. The average molecular weight is 196 g/mol. The first kappa shape index (κ1) is 9.40. The first-order valence-corrected chi connectivity index (χ1v) is 4.56. The van der Waals surface area contributed by atoms with Crippen LogP contribution in [-0.2, 0) is 0 Å². The van der Waals surface area contributed by atoms with Crippen LogP contribution in [0.25, 0.3) is 6.08 Å². The van der Waals surface area contributed by atoms with E-state index in [-0.39, 0.29) is 0 Å². The number of nitrogens with zero attached hydrogens (tertiary/aromatic N) is 2. The number of hydrogen-bond acceptors (Lipinski definition) is 3. The van der Waals surface area contributed by atoms with E-state index in [1.807, 2.05) is 24.3 Å². The Labute approximate surface area is 88.3 Å². The summed E-state index contributed by atoms with van der Waals surface area (Å²) in [6, 6.07) is 7.53. The van der Waals surface area contributed by atoms with Crippen molar-refractivity contribution in [2.75, 3.05) is 5.73 Å². The molecule has 0 fully saturated rings. The van der Waals surface area contributed by atoms with Gasteiger partial charge in [-0.05, 0) is 30.4 Å². The topological polar surface area (TPSA) is 51.8 Å². The normalized spacial score (nSPS) is 10.7. The van der Waals surface area contributed by atoms with Gasteiger partial charge in [0.25, 0.3) is 0 Å². The Hall–Kier alpha value is -2.16. The molecule has 3 heteroatoms. The summed E-state index contributed by atoms with van der Waals surface area (Å²) in [6.07, 6.45) is 10.0. The molecule has 0 amide bonds. The minimum absolute atomic E-state index is 0.508. The maximum atomic E-state index is 5.69. The second kappa shape index (κ2) is 4.37. The molecule has 3 nitrogen and oxygen atoms in total. The van der Waals surface area contributed by atoms with Crippen LogP contribution < -0.4 is 5.73 Å². The fourth-order valence-corrected chi connectivity index (χ4v) is 1.16. The zero-order valence-electron chi connectivity index (χ0n) is 8.09. The average Bonchev–Trinajstić information content (AvgIpc) is 2.29. The largest absolute Gasteiger partial charge is 0.383 e. The van der Waals surface area contributed by atoms with Crippen molar-refractivity contribution in [3.05, 3.63) is 60.1 Å². The summed E-state index contributed by atoms with van der Waals surface area (Å²) in [6.45, 7) is 0. The molecule has 2 heterocycles. The summed E-state index contributed by atoms with van der Waals surface area (Å²) in [7, 11) is 0. The van der Waals surface area contributed by atoms with Crippen LogP contribution in [0.4, 0.5) is 5.82 Å². The lowest BCUT2D eigenvalue weighted by Gasteiger charge is -1.96. The van der Waals surface area contributed by atoms with E-state index in [1.54, 1.807) is 24.7 Å². The van der Waals surface area contributed by atoms with Gasteiger partial charge in [0, 0.05) is 29.7 Å². The number of hydrogen-bond donors (Lipinski definition) is 1. The molecule has 15 heavy (non-hydrogen) atoms. The zero-order chi connectivity index (χ0) is 10.5. The van der Waals surface area contributed by atoms with Crippen LogP contribution in [0.15, 0.2) is 42.9 Å². The van der Waals surface area contributed by atoms with Crippen LogP contribution in [0.1, 0.15) is 11.1 Å². The molecule has 0 aromatic carbocycles. The Balaban J connectivity index is 2.23. The summed E-state index contributed by atoms with van der Waals surface area (Å²) in [5.41, 5.74) is 7.47. The molecule has 73 valence electrons. The van der Waals surface area contributed by atoms with E-state index < -0.39 is 0 Å². The monoisotopic (exact) mass is 196 g/mol. The third-order valence-electron chi connectivity index (χ3n) is 1.93. The molecule has 0 spiro atoms. The molecule has 0 unspecified atom stereocenters. The molecule has 0 bridgehead atoms. The lowest BCUT2D eigenvalue weighted by Crippen LogP contribution is -1.91. The predicted molar refractivity (Wildman–Crippen MR) is 59.7 cm³/mol. The van der Waals surface area contributed by atoms with Gasteiger partial charge in [0.2, 0.25) is 0 Å². The van der Waals surface area contributed by atoms with Crippen molar-refractivity contribution in [3.63, 3.8) is 0 Å². The third-order valence-corrected chi connectivity index (χ3v) is 1.93. The highest BCUT2D eigenvalue weighted by atomic mass is 14.8. The Bertz CT molecular complexity index is 463. The van der Waals surface area contributed by atoms with Crippen LogP contribution in [0.3, 0.4) is 0 Å². The van der Waals surface area contributed by atoms with Gasteiger partial charge < -0.3 is 5.73 Å². The molecule has 0 aliphatic heterocycles. The van der Waals surface area contributed by atoms with Crippen molar-refractivity contribution in [2.45, 2.75) is 0 Å². The van der Waals surface area contributed by atoms with Crippen molar-refractivity contribution in [1.29, 1.82) is 0 Å². The van der Waals surface area contributed by atoms with Crippen LogP contribution in [0.2, 0.25) is 0 Å². The van der Waals surface area contributed by atoms with E-state index in [0.717, 1.165) is 11.1 Å². The fourth-order valence-electron chi connectivity index (χ4n) is 1.16. The third kappa shape index (κ3) is 2.40. The van der Waals surface area contributed by atoms with E-state index in [1.165, 1.54) is 0 Å². The SMILES string of the molecule is Nc1ncccc1C=[C]c1cccnc1. The molecule has 2 rings (SSSR count). The lowest BCUT2D eigenvalue weighted by atomic mass is 10.2. The Morgan fingerprint density at radius 2 is 2.07 bits per heavy atom. The number of nitrogen functional groups attached to an aromatic ring is 1. The Morgan fingerprint density at radius 1 is 1.20 bits per heavy atom. The van der Waals surface area contributed by atoms with Gasteiger partial charge in [0.1, 0.15) is 5.82 Å². The molecular weight excluding hydrogens is 186 g/mol. The number of aromatic nitrogens is 2. The van der Waals surface area contributed by atoms with E-state index in [0.29, 0.717) is 5.82 Å². The van der Waals surface area contributed by atoms with Gasteiger partial charge in [0.15, 0.2) is 0 Å². The molecular formula is C12H10N3. The van der Waals surface area contributed by atoms with Crippen molar-refractivity contribution in [3.8, 4) is 0 Å². The molecule has 2 N–H and O–H groups in total. The Morgan fingerprint density at radius 3 is 2.80 bits per heavy atom. The molecule has 0 atom stereocenters. The highest BCUT2D eigenvalue weighted by molar-refractivity contribution is 5.60. The second-order valence-electron chi connectivity index (χ2n) is 3.01. The van der Waals surface area contributed by atoms with Gasteiger partial charge in [0.05, 0.1) is 0 Å². The van der Waals surface area contributed by atoms with Gasteiger partial charge in [-0.2, -0.15) is 0 Å². The van der Waals surface area contributed by atoms with Crippen molar-refractivity contribution < 1.29 is 0 Å². The van der Waals surface area contributed by atoms with Crippen molar-refractivity contribution in [2.24, 2.45) is 0 Å². The predicted octanol–water partition coefficient (Wildman–Crippen LogP) is 1.92. The van der Waals surface area contributed by atoms with Gasteiger partial charge in [-0.25, -0.2) is 4.98 Å². The van der Waals surface area contributed by atoms with Crippen molar-refractivity contribution in [1.82, 2.24) is 9.97 Å². The van der Waals surface area contributed by atoms with E-state index in [9.17, 15) is 0 Å². The molecule has 0 saturated heterocycles. The molecule has 0 aliphatic carbocycles. The first-order valence-electron chi connectivity index (χ1n) is 4.56. The van der Waals surface area contributed by atoms with Gasteiger partial charge in [-0.15, -0.1) is 0 Å². The molecule has 2 aromatic rings. The minimum Gasteiger partial charge on any atom is -0.383 e. The first-order chi connectivity index (χ1) is 7.36. The number of anilines is 1. The summed E-state index contributed by atoms with van der Waals surface area (Å²) in [4.78, 5) is 7.97. The summed E-state index contributed by atoms with van der Waals surface area (Å²) < 4.78 is 0. The molecule has 1 radical (unpaired) electrons. The maximum Gasteiger partial charge on any atom is 0.130 e. The maximum absolute atomic E-state index is 5.69.